The number of para-hydroxylation sites is 1. The van der Waals surface area contributed by atoms with Crippen LogP contribution in [0.1, 0.15) is 18.4 Å². The molecule has 0 spiro atoms. The minimum absolute atomic E-state index is 0.0973. The normalized spacial score (nSPS) is 18.5. The summed E-state index contributed by atoms with van der Waals surface area (Å²) in [5.74, 6) is -0.0852. The molecule has 1 saturated heterocycles. The van der Waals surface area contributed by atoms with Gasteiger partial charge in [0.15, 0.2) is 0 Å². The number of benzene rings is 1. The summed E-state index contributed by atoms with van der Waals surface area (Å²) in [4.78, 5) is 29.8. The molecular formula is C16H17N3O2S. The summed E-state index contributed by atoms with van der Waals surface area (Å²) < 4.78 is 1.10. The van der Waals surface area contributed by atoms with Crippen molar-refractivity contribution in [3.05, 3.63) is 35.3 Å². The number of nitrogens with one attached hydrogen (secondary N) is 1. The van der Waals surface area contributed by atoms with Crippen molar-refractivity contribution in [3.8, 4) is 0 Å². The fourth-order valence-electron chi connectivity index (χ4n) is 2.53. The summed E-state index contributed by atoms with van der Waals surface area (Å²) in [6.45, 7) is 3.22. The minimum atomic E-state index is -0.185. The van der Waals surface area contributed by atoms with Crippen LogP contribution < -0.4 is 5.32 Å². The smallest absolute Gasteiger partial charge is 0.244 e. The first kappa shape index (κ1) is 14.7. The first-order valence-electron chi connectivity index (χ1n) is 7.27. The number of carbonyl (C=O) groups is 2. The van der Waals surface area contributed by atoms with E-state index in [9.17, 15) is 9.59 Å². The predicted molar refractivity (Wildman–Crippen MR) is 87.5 cm³/mol. The molecule has 1 aliphatic rings. The fraction of sp³-hybridized carbons (Fsp3) is 0.312. The lowest BCUT2D eigenvalue weighted by Crippen LogP contribution is -2.36. The molecule has 22 heavy (non-hydrogen) atoms. The van der Waals surface area contributed by atoms with Gasteiger partial charge in [0.1, 0.15) is 5.01 Å². The highest BCUT2D eigenvalue weighted by Crippen LogP contribution is 2.22. The van der Waals surface area contributed by atoms with E-state index in [1.807, 2.05) is 31.2 Å². The lowest BCUT2D eigenvalue weighted by molar-refractivity contribution is -0.127. The number of aromatic nitrogens is 1. The zero-order valence-corrected chi connectivity index (χ0v) is 13.1. The van der Waals surface area contributed by atoms with Gasteiger partial charge in [-0.3, -0.25) is 9.59 Å². The lowest BCUT2D eigenvalue weighted by Gasteiger charge is -2.13. The maximum absolute atomic E-state index is 11.9. The van der Waals surface area contributed by atoms with Crippen LogP contribution in [0.2, 0.25) is 0 Å². The summed E-state index contributed by atoms with van der Waals surface area (Å²) >= 11 is 1.55. The first-order valence-corrected chi connectivity index (χ1v) is 8.09. The predicted octanol–water partition coefficient (Wildman–Crippen LogP) is 2.05. The van der Waals surface area contributed by atoms with Crippen LogP contribution in [0.4, 0.5) is 0 Å². The van der Waals surface area contributed by atoms with Crippen molar-refractivity contribution < 1.29 is 9.59 Å². The number of fused-ring (bicyclic) bond motifs is 1. The van der Waals surface area contributed by atoms with Crippen LogP contribution in [0, 0.1) is 0 Å². The standard InChI is InChI=1S/C16H17N3O2S/c1-2-19-10-11(9-16(19)21)17-14(20)7-8-15-18-12-5-3-4-6-13(12)22-15/h3-8,11H,2,9-10H2,1H3,(H,17,20). The van der Waals surface area contributed by atoms with Crippen molar-refractivity contribution in [1.82, 2.24) is 15.2 Å². The van der Waals surface area contributed by atoms with E-state index in [2.05, 4.69) is 10.3 Å². The molecule has 1 unspecified atom stereocenters. The molecule has 3 rings (SSSR count). The van der Waals surface area contributed by atoms with Gasteiger partial charge < -0.3 is 10.2 Å². The van der Waals surface area contributed by atoms with Crippen molar-refractivity contribution in [2.45, 2.75) is 19.4 Å². The summed E-state index contributed by atoms with van der Waals surface area (Å²) in [6, 6.07) is 7.77. The average Bonchev–Trinajstić information content (AvgIpc) is 3.07. The average molecular weight is 315 g/mol. The fourth-order valence-corrected chi connectivity index (χ4v) is 3.40. The summed E-state index contributed by atoms with van der Waals surface area (Å²) in [6.07, 6.45) is 3.58. The van der Waals surface area contributed by atoms with Crippen LogP contribution in [-0.2, 0) is 9.59 Å². The number of rotatable bonds is 4. The molecule has 1 aliphatic heterocycles. The Morgan fingerprint density at radius 2 is 2.32 bits per heavy atom. The van der Waals surface area contributed by atoms with Gasteiger partial charge in [0.2, 0.25) is 11.8 Å². The Balaban J connectivity index is 1.60. The Morgan fingerprint density at radius 1 is 1.50 bits per heavy atom. The van der Waals surface area contributed by atoms with Crippen molar-refractivity contribution in [2.75, 3.05) is 13.1 Å². The van der Waals surface area contributed by atoms with Gasteiger partial charge in [0.05, 0.1) is 16.3 Å². The molecule has 0 saturated carbocycles. The molecule has 0 radical (unpaired) electrons. The molecule has 1 aromatic carbocycles. The molecular weight excluding hydrogens is 298 g/mol. The van der Waals surface area contributed by atoms with Crippen molar-refractivity contribution in [3.63, 3.8) is 0 Å². The largest absolute Gasteiger partial charge is 0.348 e. The van der Waals surface area contributed by atoms with E-state index in [1.165, 1.54) is 6.08 Å². The van der Waals surface area contributed by atoms with Crippen LogP contribution in [-0.4, -0.2) is 40.8 Å². The molecule has 1 fully saturated rings. The Morgan fingerprint density at radius 3 is 3.05 bits per heavy atom. The van der Waals surface area contributed by atoms with E-state index >= 15 is 0 Å². The third kappa shape index (κ3) is 3.17. The zero-order chi connectivity index (χ0) is 15.5. The van der Waals surface area contributed by atoms with Crippen molar-refractivity contribution in [2.24, 2.45) is 0 Å². The van der Waals surface area contributed by atoms with Gasteiger partial charge in [0.25, 0.3) is 0 Å². The van der Waals surface area contributed by atoms with E-state index in [1.54, 1.807) is 22.3 Å². The third-order valence-corrected chi connectivity index (χ3v) is 4.63. The van der Waals surface area contributed by atoms with E-state index in [-0.39, 0.29) is 17.9 Å². The zero-order valence-electron chi connectivity index (χ0n) is 12.3. The second kappa shape index (κ2) is 6.27. The molecule has 2 heterocycles. The van der Waals surface area contributed by atoms with Gasteiger partial charge in [-0.25, -0.2) is 4.98 Å². The summed E-state index contributed by atoms with van der Waals surface area (Å²) in [5.41, 5.74) is 0.938. The number of likely N-dealkylation sites (N-methyl/N-ethyl adjacent to an activating group) is 1. The number of carbonyl (C=O) groups excluding carboxylic acids is 2. The van der Waals surface area contributed by atoms with Crippen LogP contribution >= 0.6 is 11.3 Å². The highest BCUT2D eigenvalue weighted by atomic mass is 32.1. The Bertz CT molecular complexity index is 705. The van der Waals surface area contributed by atoms with E-state index in [0.29, 0.717) is 19.5 Å². The molecule has 2 aromatic rings. The first-order chi connectivity index (χ1) is 10.7. The summed E-state index contributed by atoms with van der Waals surface area (Å²) in [7, 11) is 0. The molecule has 0 aliphatic carbocycles. The third-order valence-electron chi connectivity index (χ3n) is 3.63. The molecule has 1 aromatic heterocycles. The maximum atomic E-state index is 11.9. The van der Waals surface area contributed by atoms with E-state index in [0.717, 1.165) is 15.2 Å². The van der Waals surface area contributed by atoms with Crippen LogP contribution in [0.15, 0.2) is 30.3 Å². The minimum Gasteiger partial charge on any atom is -0.348 e. The van der Waals surface area contributed by atoms with Gasteiger partial charge in [-0.05, 0) is 25.1 Å². The van der Waals surface area contributed by atoms with Gasteiger partial charge in [0, 0.05) is 25.6 Å². The monoisotopic (exact) mass is 315 g/mol. The van der Waals surface area contributed by atoms with Gasteiger partial charge in [-0.2, -0.15) is 0 Å². The molecule has 6 heteroatoms. The quantitative estimate of drug-likeness (QED) is 0.878. The van der Waals surface area contributed by atoms with Crippen molar-refractivity contribution >= 4 is 39.4 Å². The van der Waals surface area contributed by atoms with E-state index in [4.69, 9.17) is 0 Å². The Hall–Kier alpha value is -2.21. The number of hydrogen-bond donors (Lipinski definition) is 1. The molecule has 2 amide bonds. The molecule has 114 valence electrons. The number of amides is 2. The Labute approximate surface area is 132 Å². The number of thiazole rings is 1. The molecule has 0 bridgehead atoms. The topological polar surface area (TPSA) is 62.3 Å². The second-order valence-corrected chi connectivity index (χ2v) is 6.26. The van der Waals surface area contributed by atoms with Gasteiger partial charge in [-0.15, -0.1) is 11.3 Å². The summed E-state index contributed by atoms with van der Waals surface area (Å²) in [5, 5.41) is 3.67. The van der Waals surface area contributed by atoms with Gasteiger partial charge in [-0.1, -0.05) is 12.1 Å². The Kier molecular flexibility index (Phi) is 4.20. The van der Waals surface area contributed by atoms with Gasteiger partial charge >= 0.3 is 0 Å². The van der Waals surface area contributed by atoms with Crippen molar-refractivity contribution in [1.29, 1.82) is 0 Å². The van der Waals surface area contributed by atoms with Crippen LogP contribution in [0.3, 0.4) is 0 Å². The molecule has 1 atom stereocenters. The molecule has 1 N–H and O–H groups in total. The highest BCUT2D eigenvalue weighted by molar-refractivity contribution is 7.19. The SMILES string of the molecule is CCN1CC(NC(=O)C=Cc2nc3ccccc3s2)CC1=O. The lowest BCUT2D eigenvalue weighted by atomic mass is 10.2. The number of likely N-dealkylation sites (tertiary alicyclic amines) is 1. The highest BCUT2D eigenvalue weighted by Gasteiger charge is 2.28. The number of nitrogens with zero attached hydrogens (tertiary/aromatic N) is 2. The maximum Gasteiger partial charge on any atom is 0.244 e. The second-order valence-electron chi connectivity index (χ2n) is 5.20. The van der Waals surface area contributed by atoms with Crippen LogP contribution in [0.25, 0.3) is 16.3 Å². The molecule has 5 nitrogen and oxygen atoms in total. The van der Waals surface area contributed by atoms with Crippen LogP contribution in [0.5, 0.6) is 0 Å². The number of hydrogen-bond acceptors (Lipinski definition) is 4. The van der Waals surface area contributed by atoms with E-state index < -0.39 is 0 Å².